The molecule has 2 atom stereocenters. The van der Waals surface area contributed by atoms with E-state index in [4.69, 9.17) is 21.1 Å². The number of halogens is 1. The molecule has 0 unspecified atom stereocenters. The zero-order valence-corrected chi connectivity index (χ0v) is 19.8. The molecule has 1 aliphatic rings. The molecule has 0 saturated heterocycles. The highest BCUT2D eigenvalue weighted by molar-refractivity contribution is 8.03. The molecule has 172 valence electrons. The van der Waals surface area contributed by atoms with Gasteiger partial charge >= 0.3 is 5.97 Å². The first kappa shape index (κ1) is 25.6. The monoisotopic (exact) mass is 479 g/mol. The van der Waals surface area contributed by atoms with Gasteiger partial charge < -0.3 is 20.1 Å². The van der Waals surface area contributed by atoms with Crippen LogP contribution < -0.4 is 15.4 Å². The summed E-state index contributed by atoms with van der Waals surface area (Å²) < 4.78 is 10.3. The third kappa shape index (κ3) is 6.17. The summed E-state index contributed by atoms with van der Waals surface area (Å²) in [5.74, 6) is -3.31. The van der Waals surface area contributed by atoms with E-state index >= 15 is 0 Å². The van der Waals surface area contributed by atoms with Crippen LogP contribution in [0.5, 0.6) is 5.75 Å². The second-order valence-corrected chi connectivity index (χ2v) is 8.33. The quantitative estimate of drug-likeness (QED) is 0.300. The Morgan fingerprint density at radius 1 is 1.34 bits per heavy atom. The number of unbranched alkanes of at least 4 members (excludes halogenated alkanes) is 1. The first-order chi connectivity index (χ1) is 15.4. The molecule has 0 spiro atoms. The van der Waals surface area contributed by atoms with Gasteiger partial charge in [-0.3, -0.25) is 14.4 Å². The Labute approximate surface area is 196 Å². The van der Waals surface area contributed by atoms with Gasteiger partial charge in [0, 0.05) is 12.5 Å². The predicted molar refractivity (Wildman–Crippen MR) is 122 cm³/mol. The summed E-state index contributed by atoms with van der Waals surface area (Å²) >= 11 is 7.36. The number of nitriles is 1. The minimum absolute atomic E-state index is 0.0180. The number of benzene rings is 1. The van der Waals surface area contributed by atoms with Crippen molar-refractivity contribution in [2.24, 2.45) is 5.92 Å². The number of allylic oxidation sites excluding steroid dienone is 1. The van der Waals surface area contributed by atoms with Gasteiger partial charge in [0.05, 0.1) is 41.2 Å². The van der Waals surface area contributed by atoms with Crippen LogP contribution in [0.15, 0.2) is 28.8 Å². The van der Waals surface area contributed by atoms with Gasteiger partial charge in [-0.05, 0) is 31.0 Å². The van der Waals surface area contributed by atoms with E-state index in [1.165, 1.54) is 7.11 Å². The largest absolute Gasteiger partial charge is 0.492 e. The molecule has 0 fully saturated rings. The molecule has 1 heterocycles. The van der Waals surface area contributed by atoms with Crippen molar-refractivity contribution in [3.8, 4) is 11.8 Å². The van der Waals surface area contributed by atoms with E-state index in [-0.39, 0.29) is 22.3 Å². The number of carbonyl (C=O) groups is 3. The smallest absolute Gasteiger partial charge is 0.319 e. The third-order valence-corrected chi connectivity index (χ3v) is 6.11. The molecule has 1 aromatic rings. The Morgan fingerprint density at radius 3 is 2.69 bits per heavy atom. The number of amides is 2. The molecule has 0 aliphatic carbocycles. The highest BCUT2D eigenvalue weighted by atomic mass is 35.5. The normalized spacial score (nSPS) is 17.9. The van der Waals surface area contributed by atoms with Crippen LogP contribution >= 0.6 is 23.4 Å². The fourth-order valence-corrected chi connectivity index (χ4v) is 4.38. The lowest BCUT2D eigenvalue weighted by Gasteiger charge is -2.31. The van der Waals surface area contributed by atoms with E-state index in [9.17, 15) is 19.6 Å². The fourth-order valence-electron chi connectivity index (χ4n) is 3.26. The molecule has 2 rings (SSSR count). The lowest BCUT2D eigenvalue weighted by Crippen LogP contribution is -2.44. The number of thioether (sulfide) groups is 1. The molecule has 2 amide bonds. The number of hydrogen-bond acceptors (Lipinski definition) is 7. The molecule has 0 bridgehead atoms. The zero-order valence-electron chi connectivity index (χ0n) is 18.2. The Morgan fingerprint density at radius 2 is 2.09 bits per heavy atom. The Kier molecular flexibility index (Phi) is 9.88. The number of rotatable bonds is 10. The first-order valence-corrected chi connectivity index (χ1v) is 11.6. The third-order valence-electron chi connectivity index (χ3n) is 4.80. The average Bonchev–Trinajstić information content (AvgIpc) is 2.78. The van der Waals surface area contributed by atoms with Crippen molar-refractivity contribution < 1.29 is 23.9 Å². The number of nitrogens with one attached hydrogen (secondary N) is 2. The summed E-state index contributed by atoms with van der Waals surface area (Å²) in [6, 6.07) is 6.96. The van der Waals surface area contributed by atoms with Gasteiger partial charge in [0.15, 0.2) is 0 Å². The van der Waals surface area contributed by atoms with Crippen LogP contribution in [-0.4, -0.2) is 43.8 Å². The van der Waals surface area contributed by atoms with Crippen molar-refractivity contribution in [2.75, 3.05) is 26.0 Å². The topological polar surface area (TPSA) is 118 Å². The van der Waals surface area contributed by atoms with E-state index < -0.39 is 23.7 Å². The van der Waals surface area contributed by atoms with Gasteiger partial charge in [-0.1, -0.05) is 42.8 Å². The van der Waals surface area contributed by atoms with Crippen molar-refractivity contribution in [2.45, 2.75) is 32.6 Å². The van der Waals surface area contributed by atoms with Crippen molar-refractivity contribution >= 4 is 41.1 Å². The van der Waals surface area contributed by atoms with Gasteiger partial charge in [-0.2, -0.15) is 5.26 Å². The molecular formula is C22H26ClN3O5S. The number of ether oxygens (including phenoxy) is 2. The van der Waals surface area contributed by atoms with Crippen molar-refractivity contribution in [3.63, 3.8) is 0 Å². The molecule has 1 aliphatic heterocycles. The lowest BCUT2D eigenvalue weighted by molar-refractivity contribution is -0.150. The van der Waals surface area contributed by atoms with Gasteiger partial charge in [0.2, 0.25) is 11.8 Å². The molecule has 10 heteroatoms. The number of carbonyl (C=O) groups excluding carboxylic acids is 3. The van der Waals surface area contributed by atoms with Crippen LogP contribution in [0.3, 0.4) is 0 Å². The van der Waals surface area contributed by atoms with Gasteiger partial charge in [0.1, 0.15) is 11.7 Å². The van der Waals surface area contributed by atoms with E-state index in [1.807, 2.05) is 13.8 Å². The standard InChI is InChI=1S/C22H26ClN3O5S/c1-4-6-9-25-17(27)12-32-21-14(11-24)18(19(20(28)26-21)22(29)30-3)13-7-8-16(31-5-2)15(23)10-13/h7-8,10,18-19H,4-6,9,12H2,1-3H3,(H,25,27)(H,26,28)/t18-,19+/m0/s1. The molecule has 2 N–H and O–H groups in total. The summed E-state index contributed by atoms with van der Waals surface area (Å²) in [7, 11) is 1.18. The first-order valence-electron chi connectivity index (χ1n) is 10.2. The SMILES string of the molecule is CCCCNC(=O)CSC1=C(C#N)[C@H](c2ccc(OCC)c(Cl)c2)[C@@H](C(=O)OC)C(=O)N1. The molecule has 0 saturated carbocycles. The van der Waals surface area contributed by atoms with E-state index in [0.717, 1.165) is 24.6 Å². The summed E-state index contributed by atoms with van der Waals surface area (Å²) in [6.07, 6.45) is 1.81. The maximum atomic E-state index is 12.8. The van der Waals surface area contributed by atoms with Crippen LogP contribution in [-0.2, 0) is 19.1 Å². The predicted octanol–water partition coefficient (Wildman–Crippen LogP) is 3.13. The average molecular weight is 480 g/mol. The van der Waals surface area contributed by atoms with Crippen molar-refractivity contribution in [1.82, 2.24) is 10.6 Å². The number of hydrogen-bond donors (Lipinski definition) is 2. The summed E-state index contributed by atoms with van der Waals surface area (Å²) in [4.78, 5) is 37.4. The van der Waals surface area contributed by atoms with Crippen LogP contribution in [0.2, 0.25) is 5.02 Å². The second kappa shape index (κ2) is 12.4. The minimum atomic E-state index is -1.27. The van der Waals surface area contributed by atoms with Gasteiger partial charge in [-0.15, -0.1) is 0 Å². The minimum Gasteiger partial charge on any atom is -0.492 e. The number of esters is 1. The zero-order chi connectivity index (χ0) is 23.7. The summed E-state index contributed by atoms with van der Waals surface area (Å²) in [6.45, 7) is 4.82. The maximum Gasteiger partial charge on any atom is 0.319 e. The Balaban J connectivity index is 2.42. The summed E-state index contributed by atoms with van der Waals surface area (Å²) in [5, 5.41) is 15.8. The van der Waals surface area contributed by atoms with Crippen molar-refractivity contribution in [1.29, 1.82) is 5.26 Å². The van der Waals surface area contributed by atoms with Crippen LogP contribution in [0.4, 0.5) is 0 Å². The summed E-state index contributed by atoms with van der Waals surface area (Å²) in [5.41, 5.74) is 0.650. The van der Waals surface area contributed by atoms with E-state index in [0.29, 0.717) is 29.5 Å². The highest BCUT2D eigenvalue weighted by Gasteiger charge is 2.44. The van der Waals surface area contributed by atoms with Crippen LogP contribution in [0.25, 0.3) is 0 Å². The Bertz CT molecular complexity index is 944. The lowest BCUT2D eigenvalue weighted by atomic mass is 9.78. The van der Waals surface area contributed by atoms with Crippen LogP contribution in [0.1, 0.15) is 38.2 Å². The number of methoxy groups -OCH3 is 1. The van der Waals surface area contributed by atoms with Crippen LogP contribution in [0, 0.1) is 17.2 Å². The highest BCUT2D eigenvalue weighted by Crippen LogP contribution is 2.42. The van der Waals surface area contributed by atoms with E-state index in [2.05, 4.69) is 16.7 Å². The molecule has 8 nitrogen and oxygen atoms in total. The number of nitrogens with zero attached hydrogens (tertiary/aromatic N) is 1. The van der Waals surface area contributed by atoms with Gasteiger partial charge in [-0.25, -0.2) is 0 Å². The molecule has 32 heavy (non-hydrogen) atoms. The van der Waals surface area contributed by atoms with Gasteiger partial charge in [0.25, 0.3) is 0 Å². The van der Waals surface area contributed by atoms with E-state index in [1.54, 1.807) is 18.2 Å². The molecule has 0 radical (unpaired) electrons. The second-order valence-electron chi connectivity index (χ2n) is 6.94. The maximum absolute atomic E-state index is 12.8. The van der Waals surface area contributed by atoms with Crippen molar-refractivity contribution in [3.05, 3.63) is 39.4 Å². The Hall–Kier alpha value is -2.70. The fraction of sp³-hybridized carbons (Fsp3) is 0.455. The molecular weight excluding hydrogens is 454 g/mol. The molecule has 0 aromatic heterocycles. The molecule has 1 aromatic carbocycles.